The van der Waals surface area contributed by atoms with Crippen molar-refractivity contribution in [2.45, 2.75) is 37.2 Å². The number of nitrogen functional groups attached to an aromatic ring is 1. The number of aliphatic hydroxyl groups excluding tert-OH is 2. The van der Waals surface area contributed by atoms with Crippen LogP contribution >= 0.6 is 23.3 Å². The summed E-state index contributed by atoms with van der Waals surface area (Å²) in [7, 11) is 0. The van der Waals surface area contributed by atoms with Crippen LogP contribution in [0.25, 0.3) is 21.5 Å². The van der Waals surface area contributed by atoms with Crippen molar-refractivity contribution in [3.63, 3.8) is 0 Å². The van der Waals surface area contributed by atoms with Gasteiger partial charge in [-0.2, -0.15) is 16.1 Å². The molecule has 0 aliphatic carbocycles. The Kier molecular flexibility index (Phi) is 7.46. The molecule has 40 heavy (non-hydrogen) atoms. The van der Waals surface area contributed by atoms with Crippen molar-refractivity contribution in [2.75, 3.05) is 11.5 Å². The van der Waals surface area contributed by atoms with Gasteiger partial charge in [0.25, 0.3) is 0 Å². The lowest BCUT2D eigenvalue weighted by Gasteiger charge is -2.17. The Morgan fingerprint density at radius 2 is 1.88 bits per heavy atom. The lowest BCUT2D eigenvalue weighted by atomic mass is 10.1. The van der Waals surface area contributed by atoms with E-state index in [0.717, 1.165) is 16.1 Å². The zero-order chi connectivity index (χ0) is 27.6. The quantitative estimate of drug-likeness (QED) is 0.260. The normalized spacial score (nSPS) is 20.5. The highest BCUT2D eigenvalue weighted by atomic mass is 32.2. The molecule has 202 valence electrons. The number of fused-ring (bicyclic) bond motifs is 1. The molecule has 0 radical (unpaired) electrons. The van der Waals surface area contributed by atoms with Crippen molar-refractivity contribution in [1.82, 2.24) is 28.9 Å². The summed E-state index contributed by atoms with van der Waals surface area (Å²) in [5.41, 5.74) is 11.1. The minimum absolute atomic E-state index is 0.256. The van der Waals surface area contributed by atoms with E-state index in [1.54, 1.807) is 34.9 Å². The number of thioether (sulfide) groups is 1. The predicted molar refractivity (Wildman–Crippen MR) is 154 cm³/mol. The smallest absolute Gasteiger partial charge is 0.164 e. The number of aryl methyl sites for hydroxylation is 1. The van der Waals surface area contributed by atoms with Gasteiger partial charge in [-0.25, -0.2) is 19.9 Å². The van der Waals surface area contributed by atoms with Gasteiger partial charge in [0.1, 0.15) is 36.3 Å². The lowest BCUT2D eigenvalue weighted by molar-refractivity contribution is -0.0285. The number of nitrogens with two attached hydrogens (primary N) is 1. The van der Waals surface area contributed by atoms with Crippen LogP contribution in [0, 0.1) is 18.8 Å². The highest BCUT2D eigenvalue weighted by Gasteiger charge is 2.44. The van der Waals surface area contributed by atoms with Crippen molar-refractivity contribution in [3.8, 4) is 22.3 Å². The van der Waals surface area contributed by atoms with Gasteiger partial charge in [0, 0.05) is 35.7 Å². The molecule has 0 spiro atoms. The van der Waals surface area contributed by atoms with E-state index in [0.29, 0.717) is 33.7 Å². The van der Waals surface area contributed by atoms with Gasteiger partial charge in [0.05, 0.1) is 33.2 Å². The van der Waals surface area contributed by atoms with Gasteiger partial charge in [-0.1, -0.05) is 42.2 Å². The molecule has 4 N–H and O–H groups in total. The van der Waals surface area contributed by atoms with Crippen molar-refractivity contribution in [2.24, 2.45) is 0 Å². The third kappa shape index (κ3) is 5.05. The van der Waals surface area contributed by atoms with Crippen LogP contribution in [0.4, 0.5) is 5.82 Å². The third-order valence-electron chi connectivity index (χ3n) is 6.70. The fourth-order valence-electron chi connectivity index (χ4n) is 4.65. The van der Waals surface area contributed by atoms with Crippen LogP contribution in [0.15, 0.2) is 61.6 Å². The molecule has 0 unspecified atom stereocenters. The molecule has 6 rings (SSSR count). The zero-order valence-electron chi connectivity index (χ0n) is 21.4. The number of hydrogen-bond donors (Lipinski definition) is 3. The average molecular weight is 572 g/mol. The van der Waals surface area contributed by atoms with Gasteiger partial charge in [-0.05, 0) is 24.0 Å². The molecule has 1 aliphatic rings. The summed E-state index contributed by atoms with van der Waals surface area (Å²) in [5.74, 6) is 7.54. The molecule has 5 heterocycles. The molecule has 0 bridgehead atoms. The van der Waals surface area contributed by atoms with Crippen LogP contribution in [0.5, 0.6) is 0 Å². The summed E-state index contributed by atoms with van der Waals surface area (Å²) in [6, 6.07) is 10.2. The van der Waals surface area contributed by atoms with Crippen LogP contribution in [0.2, 0.25) is 0 Å². The van der Waals surface area contributed by atoms with Gasteiger partial charge < -0.3 is 25.3 Å². The number of anilines is 1. The first-order valence-corrected chi connectivity index (χ1v) is 14.4. The molecule has 1 aliphatic heterocycles. The van der Waals surface area contributed by atoms with E-state index in [9.17, 15) is 10.2 Å². The molecule has 4 atom stereocenters. The molecule has 1 saturated heterocycles. The SMILES string of the molecule is Cc1nsc(-c2ccccc2)c1CSC[C@H]1O[C@@H](n2cc(C#Cc3cncnc3)c3c(N)ncnc32)[C@H](O)[C@@H]1O. The van der Waals surface area contributed by atoms with Crippen molar-refractivity contribution in [3.05, 3.63) is 84.0 Å². The second kappa shape index (κ2) is 11.3. The summed E-state index contributed by atoms with van der Waals surface area (Å²) in [6.07, 6.45) is 3.99. The number of nitrogens with zero attached hydrogens (tertiary/aromatic N) is 6. The summed E-state index contributed by atoms with van der Waals surface area (Å²) in [6.45, 7) is 2.01. The first-order chi connectivity index (χ1) is 19.5. The van der Waals surface area contributed by atoms with Crippen LogP contribution in [-0.2, 0) is 10.5 Å². The fraction of sp³-hybridized carbons (Fsp3) is 0.250. The first-order valence-electron chi connectivity index (χ1n) is 12.5. The summed E-state index contributed by atoms with van der Waals surface area (Å²) in [5, 5.41) is 22.5. The number of hydrogen-bond acceptors (Lipinski definition) is 11. The lowest BCUT2D eigenvalue weighted by Crippen LogP contribution is -2.32. The molecular formula is C28H25N7O3S2. The number of aromatic nitrogens is 6. The van der Waals surface area contributed by atoms with Gasteiger partial charge in [0.15, 0.2) is 6.23 Å². The summed E-state index contributed by atoms with van der Waals surface area (Å²) < 4.78 is 12.4. The number of aliphatic hydroxyl groups is 2. The minimum Gasteiger partial charge on any atom is -0.387 e. The maximum absolute atomic E-state index is 11.0. The van der Waals surface area contributed by atoms with Crippen LogP contribution in [0.1, 0.15) is 28.6 Å². The van der Waals surface area contributed by atoms with Gasteiger partial charge in [-0.3, -0.25) is 0 Å². The van der Waals surface area contributed by atoms with Crippen molar-refractivity contribution in [1.29, 1.82) is 0 Å². The topological polar surface area (TPSA) is 145 Å². The van der Waals surface area contributed by atoms with E-state index in [1.807, 2.05) is 25.1 Å². The molecule has 4 aromatic heterocycles. The fourth-order valence-corrected chi connectivity index (χ4v) is 6.83. The van der Waals surface area contributed by atoms with Crippen LogP contribution < -0.4 is 5.73 Å². The Morgan fingerprint density at radius 1 is 1.07 bits per heavy atom. The van der Waals surface area contributed by atoms with Gasteiger partial charge >= 0.3 is 0 Å². The Labute approximate surface area is 238 Å². The monoisotopic (exact) mass is 571 g/mol. The second-order valence-corrected chi connectivity index (χ2v) is 11.1. The van der Waals surface area contributed by atoms with E-state index >= 15 is 0 Å². The first kappa shape index (κ1) is 26.4. The largest absolute Gasteiger partial charge is 0.387 e. The van der Waals surface area contributed by atoms with Crippen LogP contribution in [0.3, 0.4) is 0 Å². The Hall–Kier alpha value is -3.86. The number of rotatable bonds is 6. The predicted octanol–water partition coefficient (Wildman–Crippen LogP) is 3.19. The molecule has 10 nitrogen and oxygen atoms in total. The Bertz CT molecular complexity index is 1700. The second-order valence-electron chi connectivity index (χ2n) is 9.29. The van der Waals surface area contributed by atoms with Crippen LogP contribution in [-0.4, -0.2) is 63.2 Å². The molecule has 1 fully saturated rings. The number of ether oxygens (including phenoxy) is 1. The van der Waals surface area contributed by atoms with E-state index < -0.39 is 24.5 Å². The molecular weight excluding hydrogens is 546 g/mol. The highest BCUT2D eigenvalue weighted by Crippen LogP contribution is 2.37. The summed E-state index contributed by atoms with van der Waals surface area (Å²) in [4.78, 5) is 17.6. The Morgan fingerprint density at radius 3 is 2.67 bits per heavy atom. The van der Waals surface area contributed by atoms with Gasteiger partial charge in [0.2, 0.25) is 0 Å². The molecule has 0 saturated carbocycles. The van der Waals surface area contributed by atoms with Crippen molar-refractivity contribution >= 4 is 40.1 Å². The zero-order valence-corrected chi connectivity index (χ0v) is 23.0. The molecule has 12 heteroatoms. The summed E-state index contributed by atoms with van der Waals surface area (Å²) >= 11 is 3.12. The van der Waals surface area contributed by atoms with E-state index in [1.165, 1.54) is 29.8 Å². The third-order valence-corrected chi connectivity index (χ3v) is 8.79. The van der Waals surface area contributed by atoms with Gasteiger partial charge in [-0.15, -0.1) is 0 Å². The average Bonchev–Trinajstić information content (AvgIpc) is 3.63. The molecule has 0 amide bonds. The minimum atomic E-state index is -1.18. The maximum atomic E-state index is 11.0. The maximum Gasteiger partial charge on any atom is 0.164 e. The number of benzene rings is 1. The standard InChI is InChI=1S/C28H25N7O3S2/c1-16-20(25(40-34-16)18-5-3-2-4-6-18)12-39-13-21-23(36)24(37)28(38-21)35-11-19(8-7-17-9-30-14-31-10-17)22-26(29)32-15-33-27(22)35/h2-6,9-11,14-15,21,23-24,28,36-37H,12-13H2,1H3,(H2,29,32,33)/t21-,23-,24-,28-/m1/s1. The molecule has 1 aromatic carbocycles. The Balaban J connectivity index is 1.22. The van der Waals surface area contributed by atoms with E-state index in [4.69, 9.17) is 10.5 Å². The van der Waals surface area contributed by atoms with Crippen molar-refractivity contribution < 1.29 is 14.9 Å². The van der Waals surface area contributed by atoms with E-state index in [2.05, 4.69) is 48.3 Å². The highest BCUT2D eigenvalue weighted by molar-refractivity contribution is 7.98. The molecule has 5 aromatic rings. The van der Waals surface area contributed by atoms with E-state index in [-0.39, 0.29) is 5.82 Å².